The van der Waals surface area contributed by atoms with Crippen molar-refractivity contribution < 1.29 is 14.6 Å². The molecule has 0 atom stereocenters. The minimum Gasteiger partial charge on any atom is -0.449 e. The van der Waals surface area contributed by atoms with Crippen molar-refractivity contribution in [2.24, 2.45) is 0 Å². The molecule has 2 heterocycles. The molecule has 13 heavy (non-hydrogen) atoms. The number of hydrogen-bond acceptors (Lipinski definition) is 3. The molecule has 1 aromatic heterocycles. The minimum absolute atomic E-state index is 0.185. The van der Waals surface area contributed by atoms with Crippen LogP contribution in [-0.4, -0.2) is 21.0 Å². The summed E-state index contributed by atoms with van der Waals surface area (Å²) < 4.78 is 6.26. The van der Waals surface area contributed by atoms with E-state index in [0.717, 1.165) is 31.5 Å². The fourth-order valence-electron chi connectivity index (χ4n) is 1.53. The van der Waals surface area contributed by atoms with Crippen molar-refractivity contribution >= 4 is 6.16 Å². The topological polar surface area (TPSA) is 64.3 Å². The average Bonchev–Trinajstić information content (AvgIpc) is 2.44. The number of ether oxygens (including phenoxy) is 1. The molecule has 0 unspecified atom stereocenters. The van der Waals surface area contributed by atoms with Crippen LogP contribution in [0.25, 0.3) is 0 Å². The first-order valence-corrected chi connectivity index (χ1v) is 4.23. The highest BCUT2D eigenvalue weighted by atomic mass is 16.7. The largest absolute Gasteiger partial charge is 0.512 e. The van der Waals surface area contributed by atoms with Gasteiger partial charge in [0.15, 0.2) is 0 Å². The molecular formula is C8H10N2O3. The van der Waals surface area contributed by atoms with Crippen LogP contribution in [0.1, 0.15) is 18.5 Å². The summed E-state index contributed by atoms with van der Waals surface area (Å²) in [5, 5.41) is 12.4. The second kappa shape index (κ2) is 3.08. The molecule has 0 aromatic carbocycles. The molecule has 0 fully saturated rings. The lowest BCUT2D eigenvalue weighted by molar-refractivity contribution is 0.142. The van der Waals surface area contributed by atoms with Gasteiger partial charge in [-0.3, -0.25) is 4.68 Å². The average molecular weight is 182 g/mol. The zero-order chi connectivity index (χ0) is 9.26. The van der Waals surface area contributed by atoms with Gasteiger partial charge in [-0.1, -0.05) is 0 Å². The molecule has 0 amide bonds. The highest BCUT2D eigenvalue weighted by Gasteiger charge is 2.14. The number of fused-ring (bicyclic) bond motifs is 1. The fourth-order valence-corrected chi connectivity index (χ4v) is 1.53. The molecule has 0 saturated carbocycles. The van der Waals surface area contributed by atoms with Crippen LogP contribution in [0.2, 0.25) is 0 Å². The molecule has 1 aliphatic rings. The van der Waals surface area contributed by atoms with E-state index in [1.807, 2.05) is 4.68 Å². The Hall–Kier alpha value is -1.52. The van der Waals surface area contributed by atoms with Crippen LogP contribution in [-0.2, 0) is 13.0 Å². The number of carboxylic acid groups (broad SMARTS) is 1. The first-order valence-electron chi connectivity index (χ1n) is 4.23. The van der Waals surface area contributed by atoms with Gasteiger partial charge in [0.2, 0.25) is 5.88 Å². The third-order valence-corrected chi connectivity index (χ3v) is 2.09. The molecule has 5 nitrogen and oxygen atoms in total. The number of rotatable bonds is 1. The summed E-state index contributed by atoms with van der Waals surface area (Å²) in [7, 11) is 0. The normalized spacial score (nSPS) is 15.1. The van der Waals surface area contributed by atoms with E-state index in [0.29, 0.717) is 0 Å². The van der Waals surface area contributed by atoms with Gasteiger partial charge in [0, 0.05) is 18.3 Å². The Balaban J connectivity index is 2.20. The molecule has 0 bridgehead atoms. The van der Waals surface area contributed by atoms with E-state index in [1.54, 1.807) is 6.07 Å². The highest BCUT2D eigenvalue weighted by molar-refractivity contribution is 5.60. The van der Waals surface area contributed by atoms with Crippen molar-refractivity contribution in [1.82, 2.24) is 9.78 Å². The standard InChI is InChI=1S/C8H10N2O3/c11-8(12)13-7-5-6-3-1-2-4-10(6)9-7/h5H,1-4H2,(H,11,12). The van der Waals surface area contributed by atoms with Crippen LogP contribution in [0.15, 0.2) is 6.07 Å². The van der Waals surface area contributed by atoms with Crippen molar-refractivity contribution in [3.05, 3.63) is 11.8 Å². The molecular weight excluding hydrogens is 172 g/mol. The fraction of sp³-hybridized carbons (Fsp3) is 0.500. The van der Waals surface area contributed by atoms with Crippen LogP contribution >= 0.6 is 0 Å². The van der Waals surface area contributed by atoms with Crippen LogP contribution in [0, 0.1) is 0 Å². The number of nitrogens with zero attached hydrogens (tertiary/aromatic N) is 2. The van der Waals surface area contributed by atoms with Gasteiger partial charge in [-0.15, -0.1) is 5.10 Å². The number of hydrogen-bond donors (Lipinski definition) is 1. The second-order valence-corrected chi connectivity index (χ2v) is 3.02. The van der Waals surface area contributed by atoms with E-state index < -0.39 is 6.16 Å². The Bertz CT molecular complexity index is 309. The number of aromatic nitrogens is 2. The number of aryl methyl sites for hydroxylation is 2. The monoisotopic (exact) mass is 182 g/mol. The van der Waals surface area contributed by atoms with Crippen molar-refractivity contribution in [3.8, 4) is 5.88 Å². The molecule has 1 aliphatic heterocycles. The van der Waals surface area contributed by atoms with Crippen LogP contribution in [0.3, 0.4) is 0 Å². The zero-order valence-corrected chi connectivity index (χ0v) is 7.06. The third-order valence-electron chi connectivity index (χ3n) is 2.09. The molecule has 5 heteroatoms. The minimum atomic E-state index is -1.31. The smallest absolute Gasteiger partial charge is 0.449 e. The molecule has 0 saturated heterocycles. The van der Waals surface area contributed by atoms with E-state index in [9.17, 15) is 4.79 Å². The SMILES string of the molecule is O=C(O)Oc1cc2n(n1)CCCC2. The summed E-state index contributed by atoms with van der Waals surface area (Å²) in [6.07, 6.45) is 1.88. The summed E-state index contributed by atoms with van der Waals surface area (Å²) in [5.41, 5.74) is 1.06. The van der Waals surface area contributed by atoms with Crippen molar-refractivity contribution in [2.75, 3.05) is 0 Å². The predicted molar refractivity (Wildman–Crippen MR) is 43.8 cm³/mol. The number of carbonyl (C=O) groups is 1. The van der Waals surface area contributed by atoms with Gasteiger partial charge < -0.3 is 9.84 Å². The van der Waals surface area contributed by atoms with E-state index in [1.165, 1.54) is 0 Å². The lowest BCUT2D eigenvalue weighted by Gasteiger charge is -2.11. The van der Waals surface area contributed by atoms with Gasteiger partial charge in [0.1, 0.15) is 0 Å². The molecule has 0 radical (unpaired) electrons. The Morgan fingerprint density at radius 2 is 2.46 bits per heavy atom. The lowest BCUT2D eigenvalue weighted by atomic mass is 10.1. The quantitative estimate of drug-likeness (QED) is 0.664. The summed E-state index contributed by atoms with van der Waals surface area (Å²) in [4.78, 5) is 10.2. The summed E-state index contributed by atoms with van der Waals surface area (Å²) in [6, 6.07) is 1.69. The van der Waals surface area contributed by atoms with Gasteiger partial charge in [-0.2, -0.15) is 0 Å². The van der Waals surface area contributed by atoms with Gasteiger partial charge in [0.25, 0.3) is 0 Å². The third kappa shape index (κ3) is 1.63. The zero-order valence-electron chi connectivity index (χ0n) is 7.06. The summed E-state index contributed by atoms with van der Waals surface area (Å²) >= 11 is 0. The van der Waals surface area contributed by atoms with Crippen molar-refractivity contribution in [1.29, 1.82) is 0 Å². The van der Waals surface area contributed by atoms with Gasteiger partial charge >= 0.3 is 6.16 Å². The molecule has 0 aliphatic carbocycles. The molecule has 0 spiro atoms. The van der Waals surface area contributed by atoms with Crippen LogP contribution in [0.5, 0.6) is 5.88 Å². The maximum Gasteiger partial charge on any atom is 0.512 e. The Kier molecular flexibility index (Phi) is 1.92. The Morgan fingerprint density at radius 1 is 1.62 bits per heavy atom. The lowest BCUT2D eigenvalue weighted by Crippen LogP contribution is -2.11. The molecule has 70 valence electrons. The van der Waals surface area contributed by atoms with E-state index in [4.69, 9.17) is 5.11 Å². The first kappa shape index (κ1) is 8.10. The van der Waals surface area contributed by atoms with E-state index in [-0.39, 0.29) is 5.88 Å². The molecule has 1 aromatic rings. The van der Waals surface area contributed by atoms with Crippen LogP contribution in [0.4, 0.5) is 4.79 Å². The Morgan fingerprint density at radius 3 is 3.15 bits per heavy atom. The van der Waals surface area contributed by atoms with Gasteiger partial charge in [0.05, 0.1) is 0 Å². The summed E-state index contributed by atoms with van der Waals surface area (Å²) in [5.74, 6) is 0.185. The Labute approximate surface area is 74.9 Å². The molecule has 2 rings (SSSR count). The highest BCUT2D eigenvalue weighted by Crippen LogP contribution is 2.19. The first-order chi connectivity index (χ1) is 6.25. The predicted octanol–water partition coefficient (Wildman–Crippen LogP) is 1.28. The second-order valence-electron chi connectivity index (χ2n) is 3.02. The van der Waals surface area contributed by atoms with Crippen LogP contribution < -0.4 is 4.74 Å². The van der Waals surface area contributed by atoms with Gasteiger partial charge in [-0.25, -0.2) is 4.79 Å². The molecule has 1 N–H and O–H groups in total. The van der Waals surface area contributed by atoms with Crippen molar-refractivity contribution in [2.45, 2.75) is 25.8 Å². The van der Waals surface area contributed by atoms with E-state index >= 15 is 0 Å². The van der Waals surface area contributed by atoms with Crippen molar-refractivity contribution in [3.63, 3.8) is 0 Å². The maximum absolute atomic E-state index is 10.2. The van der Waals surface area contributed by atoms with E-state index in [2.05, 4.69) is 9.84 Å². The van der Waals surface area contributed by atoms with Gasteiger partial charge in [-0.05, 0) is 19.3 Å². The summed E-state index contributed by atoms with van der Waals surface area (Å²) in [6.45, 7) is 0.859. The maximum atomic E-state index is 10.2.